The molecule has 4 rings (SSSR count). The van der Waals surface area contributed by atoms with E-state index < -0.39 is 8.32 Å². The molecule has 4 heteroatoms. The summed E-state index contributed by atoms with van der Waals surface area (Å²) in [5.74, 6) is 0. The van der Waals surface area contributed by atoms with Crippen molar-refractivity contribution < 1.29 is 9.16 Å². The van der Waals surface area contributed by atoms with Gasteiger partial charge in [0.2, 0.25) is 0 Å². The molecule has 1 aliphatic rings. The van der Waals surface area contributed by atoms with E-state index in [1.54, 1.807) is 0 Å². The summed E-state index contributed by atoms with van der Waals surface area (Å²) in [6.45, 7) is 9.02. The number of hydrogen-bond donors (Lipinski definition) is 1. The molecule has 2 atom stereocenters. The molecule has 0 fully saturated rings. The molecule has 0 bridgehead atoms. The molecule has 0 saturated carbocycles. The summed E-state index contributed by atoms with van der Waals surface area (Å²) >= 11 is 0. The average molecular weight is 458 g/mol. The molecule has 172 valence electrons. The zero-order valence-corrected chi connectivity index (χ0v) is 20.9. The standard InChI is InChI=1S/C29H35NO2Si/c1-29(2,3)33(27-15-9-5-10-16-27,28-17-11-6-12-18-28)32-26-20-19-25(30-21-26)23-31-22-24-13-7-4-8-14-24/h4-20,25-26,30H,21-23H2,1-3H3/t25-,26-/m1/s1. The third kappa shape index (κ3) is 5.53. The first-order chi connectivity index (χ1) is 16.0. The maximum atomic E-state index is 7.19. The normalized spacial score (nSPS) is 18.9. The lowest BCUT2D eigenvalue weighted by molar-refractivity contribution is 0.102. The van der Waals surface area contributed by atoms with Crippen LogP contribution in [0, 0.1) is 0 Å². The lowest BCUT2D eigenvalue weighted by Gasteiger charge is -2.45. The van der Waals surface area contributed by atoms with Gasteiger partial charge in [0.05, 0.1) is 19.3 Å². The zero-order chi connectivity index (χ0) is 23.2. The average Bonchev–Trinajstić information content (AvgIpc) is 2.84. The SMILES string of the molecule is CC(C)(C)[Si](O[C@@H]1C=C[C@H](COCc2ccccc2)NC1)(c1ccccc1)c1ccccc1. The molecule has 3 nitrogen and oxygen atoms in total. The maximum Gasteiger partial charge on any atom is 0.261 e. The smallest absolute Gasteiger partial charge is 0.261 e. The molecule has 0 unspecified atom stereocenters. The highest BCUT2D eigenvalue weighted by Crippen LogP contribution is 2.37. The first kappa shape index (κ1) is 23.6. The summed E-state index contributed by atoms with van der Waals surface area (Å²) in [6, 6.07) is 32.2. The topological polar surface area (TPSA) is 30.5 Å². The van der Waals surface area contributed by atoms with Crippen LogP contribution in [0.15, 0.2) is 103 Å². The van der Waals surface area contributed by atoms with Gasteiger partial charge in [-0.15, -0.1) is 0 Å². The van der Waals surface area contributed by atoms with E-state index in [0.717, 1.165) is 6.54 Å². The van der Waals surface area contributed by atoms with E-state index in [1.165, 1.54) is 15.9 Å². The van der Waals surface area contributed by atoms with Crippen molar-refractivity contribution in [3.8, 4) is 0 Å². The van der Waals surface area contributed by atoms with E-state index in [4.69, 9.17) is 9.16 Å². The van der Waals surface area contributed by atoms with Crippen molar-refractivity contribution in [3.05, 3.63) is 109 Å². The second kappa shape index (κ2) is 10.6. The van der Waals surface area contributed by atoms with Gasteiger partial charge in [0.1, 0.15) is 0 Å². The molecule has 3 aromatic carbocycles. The summed E-state index contributed by atoms with van der Waals surface area (Å²) in [5, 5.41) is 6.21. The van der Waals surface area contributed by atoms with Crippen LogP contribution in [0.2, 0.25) is 5.04 Å². The summed E-state index contributed by atoms with van der Waals surface area (Å²) in [7, 11) is -2.55. The number of nitrogens with one attached hydrogen (secondary N) is 1. The Labute approximate surface area is 199 Å². The van der Waals surface area contributed by atoms with Crippen molar-refractivity contribution in [2.75, 3.05) is 13.2 Å². The molecule has 0 aliphatic carbocycles. The first-order valence-corrected chi connectivity index (χ1v) is 13.7. The fourth-order valence-electron chi connectivity index (χ4n) is 4.65. The van der Waals surface area contributed by atoms with Crippen molar-refractivity contribution in [2.24, 2.45) is 0 Å². The Kier molecular flexibility index (Phi) is 7.61. The van der Waals surface area contributed by atoms with Crippen molar-refractivity contribution in [1.29, 1.82) is 0 Å². The van der Waals surface area contributed by atoms with Gasteiger partial charge in [-0.05, 0) is 21.0 Å². The van der Waals surface area contributed by atoms with E-state index in [9.17, 15) is 0 Å². The van der Waals surface area contributed by atoms with Gasteiger partial charge in [-0.25, -0.2) is 0 Å². The van der Waals surface area contributed by atoms with Gasteiger partial charge < -0.3 is 14.5 Å². The van der Waals surface area contributed by atoms with Gasteiger partial charge in [-0.3, -0.25) is 0 Å². The molecular weight excluding hydrogens is 422 g/mol. The summed E-state index contributed by atoms with van der Waals surface area (Å²) in [4.78, 5) is 0. The number of ether oxygens (including phenoxy) is 1. The predicted molar refractivity (Wildman–Crippen MR) is 140 cm³/mol. The van der Waals surface area contributed by atoms with Crippen LogP contribution in [0.1, 0.15) is 26.3 Å². The summed E-state index contributed by atoms with van der Waals surface area (Å²) in [6.07, 6.45) is 4.45. The predicted octanol–water partition coefficient (Wildman–Crippen LogP) is 4.68. The van der Waals surface area contributed by atoms with Gasteiger partial charge in [0, 0.05) is 12.6 Å². The van der Waals surface area contributed by atoms with Crippen molar-refractivity contribution >= 4 is 18.7 Å². The molecule has 0 radical (unpaired) electrons. The Morgan fingerprint density at radius 1 is 0.788 bits per heavy atom. The Bertz CT molecular complexity index is 976. The van der Waals surface area contributed by atoms with Crippen LogP contribution in [0.5, 0.6) is 0 Å². The molecule has 0 aromatic heterocycles. The van der Waals surface area contributed by atoms with Crippen LogP contribution in [0.3, 0.4) is 0 Å². The minimum absolute atomic E-state index is 0.0154. The van der Waals surface area contributed by atoms with Crippen LogP contribution in [0.25, 0.3) is 0 Å². The second-order valence-corrected chi connectivity index (χ2v) is 14.0. The van der Waals surface area contributed by atoms with Crippen LogP contribution in [-0.2, 0) is 15.8 Å². The van der Waals surface area contributed by atoms with Crippen LogP contribution < -0.4 is 15.7 Å². The quantitative estimate of drug-likeness (QED) is 0.394. The van der Waals surface area contributed by atoms with E-state index >= 15 is 0 Å². The molecule has 0 amide bonds. The summed E-state index contributed by atoms with van der Waals surface area (Å²) < 4.78 is 13.1. The number of benzene rings is 3. The van der Waals surface area contributed by atoms with E-state index in [0.29, 0.717) is 13.2 Å². The fraction of sp³-hybridized carbons (Fsp3) is 0.310. The monoisotopic (exact) mass is 457 g/mol. The van der Waals surface area contributed by atoms with Crippen molar-refractivity contribution in [1.82, 2.24) is 5.32 Å². The Morgan fingerprint density at radius 3 is 1.82 bits per heavy atom. The highest BCUT2D eigenvalue weighted by Gasteiger charge is 2.51. The molecule has 0 spiro atoms. The Hall–Kier alpha value is -2.50. The number of hydrogen-bond acceptors (Lipinski definition) is 3. The molecule has 0 saturated heterocycles. The first-order valence-electron chi connectivity index (χ1n) is 11.8. The molecule has 1 heterocycles. The van der Waals surface area contributed by atoms with E-state index in [1.807, 2.05) is 18.2 Å². The minimum atomic E-state index is -2.55. The fourth-order valence-corrected chi connectivity index (χ4v) is 9.28. The van der Waals surface area contributed by atoms with Gasteiger partial charge >= 0.3 is 0 Å². The van der Waals surface area contributed by atoms with Crippen LogP contribution in [-0.4, -0.2) is 33.6 Å². The zero-order valence-electron chi connectivity index (χ0n) is 19.9. The Morgan fingerprint density at radius 2 is 1.33 bits per heavy atom. The molecule has 1 N–H and O–H groups in total. The highest BCUT2D eigenvalue weighted by molar-refractivity contribution is 6.99. The third-order valence-corrected chi connectivity index (χ3v) is 11.4. The van der Waals surface area contributed by atoms with E-state index in [2.05, 4.69) is 111 Å². The lowest BCUT2D eigenvalue weighted by Crippen LogP contribution is -2.68. The molecule has 3 aromatic rings. The molecule has 33 heavy (non-hydrogen) atoms. The van der Waals surface area contributed by atoms with Crippen molar-refractivity contribution in [3.63, 3.8) is 0 Å². The van der Waals surface area contributed by atoms with Gasteiger partial charge in [0.15, 0.2) is 0 Å². The highest BCUT2D eigenvalue weighted by atomic mass is 28.4. The number of rotatable bonds is 8. The van der Waals surface area contributed by atoms with Crippen LogP contribution in [0.4, 0.5) is 0 Å². The minimum Gasteiger partial charge on any atom is -0.400 e. The van der Waals surface area contributed by atoms with E-state index in [-0.39, 0.29) is 17.2 Å². The van der Waals surface area contributed by atoms with Crippen molar-refractivity contribution in [2.45, 2.75) is 44.6 Å². The third-order valence-electron chi connectivity index (χ3n) is 6.29. The lowest BCUT2D eigenvalue weighted by atomic mass is 10.1. The van der Waals surface area contributed by atoms with Gasteiger partial charge in [-0.2, -0.15) is 0 Å². The summed E-state index contributed by atoms with van der Waals surface area (Å²) in [5.41, 5.74) is 1.20. The second-order valence-electron chi connectivity index (χ2n) is 9.72. The molecule has 1 aliphatic heterocycles. The van der Waals surface area contributed by atoms with Gasteiger partial charge in [-0.1, -0.05) is 124 Å². The Balaban J connectivity index is 1.51. The van der Waals surface area contributed by atoms with Crippen LogP contribution >= 0.6 is 0 Å². The maximum absolute atomic E-state index is 7.19. The largest absolute Gasteiger partial charge is 0.400 e. The molecular formula is C29H35NO2Si. The van der Waals surface area contributed by atoms with Gasteiger partial charge in [0.25, 0.3) is 8.32 Å².